The lowest BCUT2D eigenvalue weighted by atomic mass is 10.1. The highest BCUT2D eigenvalue weighted by molar-refractivity contribution is 5.97. The van der Waals surface area contributed by atoms with Crippen LogP contribution in [0.5, 0.6) is 0 Å². The normalized spacial score (nSPS) is 10.7. The second-order valence-electron chi connectivity index (χ2n) is 5.18. The molecule has 0 aliphatic rings. The zero-order chi connectivity index (χ0) is 18.4. The van der Waals surface area contributed by atoms with Gasteiger partial charge in [0, 0.05) is 18.0 Å². The minimum atomic E-state index is -0.448. The number of hydrogen-bond donors (Lipinski definition) is 1. The Morgan fingerprint density at radius 1 is 1.15 bits per heavy atom. The Balaban J connectivity index is 1.73. The average molecular weight is 349 g/mol. The van der Waals surface area contributed by atoms with Crippen molar-refractivity contribution in [1.29, 1.82) is 0 Å². The van der Waals surface area contributed by atoms with Crippen LogP contribution in [0.25, 0.3) is 11.3 Å². The van der Waals surface area contributed by atoms with E-state index >= 15 is 0 Å². The molecule has 7 heteroatoms. The van der Waals surface area contributed by atoms with Crippen LogP contribution in [0.3, 0.4) is 0 Å². The highest BCUT2D eigenvalue weighted by atomic mass is 16.5. The van der Waals surface area contributed by atoms with E-state index in [9.17, 15) is 9.59 Å². The van der Waals surface area contributed by atoms with Crippen molar-refractivity contribution in [2.24, 2.45) is 5.10 Å². The van der Waals surface area contributed by atoms with Crippen LogP contribution in [-0.2, 0) is 4.74 Å². The fourth-order valence-electron chi connectivity index (χ4n) is 2.27. The van der Waals surface area contributed by atoms with Gasteiger partial charge in [-0.05, 0) is 30.3 Å². The first kappa shape index (κ1) is 17.1. The van der Waals surface area contributed by atoms with Gasteiger partial charge in [0.2, 0.25) is 0 Å². The number of benzene rings is 1. The predicted octanol–water partition coefficient (Wildman–Crippen LogP) is 2.89. The largest absolute Gasteiger partial charge is 0.465 e. The van der Waals surface area contributed by atoms with Crippen LogP contribution in [0.15, 0.2) is 70.4 Å². The zero-order valence-corrected chi connectivity index (χ0v) is 13.9. The number of carbonyl (C=O) groups is 2. The van der Waals surface area contributed by atoms with E-state index in [1.165, 1.54) is 19.5 Å². The molecule has 1 aromatic carbocycles. The molecule has 0 unspecified atom stereocenters. The van der Waals surface area contributed by atoms with Gasteiger partial charge in [0.05, 0.1) is 24.5 Å². The number of aromatic nitrogens is 1. The Bertz CT molecular complexity index is 948. The monoisotopic (exact) mass is 349 g/mol. The second-order valence-corrected chi connectivity index (χ2v) is 5.18. The third-order valence-electron chi connectivity index (χ3n) is 3.51. The molecule has 0 radical (unpaired) electrons. The first-order valence-corrected chi connectivity index (χ1v) is 7.70. The quantitative estimate of drug-likeness (QED) is 0.434. The number of methoxy groups -OCH3 is 1. The number of hydrogen-bond acceptors (Lipinski definition) is 6. The number of amides is 1. The van der Waals surface area contributed by atoms with Crippen molar-refractivity contribution in [2.75, 3.05) is 7.11 Å². The number of ether oxygens (including phenoxy) is 1. The summed E-state index contributed by atoms with van der Waals surface area (Å²) in [5.74, 6) is 0.0882. The fraction of sp³-hybridized carbons (Fsp3) is 0.0526. The van der Waals surface area contributed by atoms with Gasteiger partial charge in [0.1, 0.15) is 11.5 Å². The molecule has 0 aliphatic heterocycles. The first-order chi connectivity index (χ1) is 12.7. The molecule has 0 atom stereocenters. The Kier molecular flexibility index (Phi) is 5.19. The molecule has 130 valence electrons. The summed E-state index contributed by atoms with van der Waals surface area (Å²) in [6.07, 6.45) is 4.40. The van der Waals surface area contributed by atoms with Gasteiger partial charge in [0.25, 0.3) is 5.91 Å². The van der Waals surface area contributed by atoms with Crippen molar-refractivity contribution in [3.05, 3.63) is 77.8 Å². The number of nitrogens with zero attached hydrogens (tertiary/aromatic N) is 2. The molecule has 0 fully saturated rings. The molecule has 3 rings (SSSR count). The molecule has 26 heavy (non-hydrogen) atoms. The van der Waals surface area contributed by atoms with Gasteiger partial charge < -0.3 is 9.15 Å². The number of furan rings is 1. The molecule has 2 heterocycles. The van der Waals surface area contributed by atoms with E-state index in [0.717, 1.165) is 0 Å². The van der Waals surface area contributed by atoms with Crippen molar-refractivity contribution in [3.63, 3.8) is 0 Å². The molecule has 7 nitrogen and oxygen atoms in total. The summed E-state index contributed by atoms with van der Waals surface area (Å²) in [6, 6.07) is 13.7. The van der Waals surface area contributed by atoms with Crippen LogP contribution >= 0.6 is 0 Å². The molecule has 0 bridgehead atoms. The van der Waals surface area contributed by atoms with Crippen molar-refractivity contribution in [1.82, 2.24) is 10.4 Å². The number of rotatable bonds is 5. The van der Waals surface area contributed by atoms with Crippen LogP contribution in [0.4, 0.5) is 0 Å². The van der Waals surface area contributed by atoms with Crippen molar-refractivity contribution in [3.8, 4) is 11.3 Å². The van der Waals surface area contributed by atoms with Gasteiger partial charge >= 0.3 is 5.97 Å². The lowest BCUT2D eigenvalue weighted by Crippen LogP contribution is -2.17. The summed E-state index contributed by atoms with van der Waals surface area (Å²) < 4.78 is 10.5. The van der Waals surface area contributed by atoms with Gasteiger partial charge in [-0.2, -0.15) is 5.10 Å². The number of carbonyl (C=O) groups excluding carboxylic acids is 2. The summed E-state index contributed by atoms with van der Waals surface area (Å²) >= 11 is 0. The maximum absolute atomic E-state index is 11.9. The Labute approximate surface area is 149 Å². The third kappa shape index (κ3) is 3.84. The molecule has 0 saturated heterocycles. The molecule has 3 aromatic rings. The first-order valence-electron chi connectivity index (χ1n) is 7.70. The molecule has 0 spiro atoms. The minimum Gasteiger partial charge on any atom is -0.465 e. The van der Waals surface area contributed by atoms with E-state index in [0.29, 0.717) is 28.2 Å². The van der Waals surface area contributed by atoms with Gasteiger partial charge in [-0.25, -0.2) is 10.2 Å². The molecular weight excluding hydrogens is 334 g/mol. The Morgan fingerprint density at radius 2 is 2.00 bits per heavy atom. The van der Waals surface area contributed by atoms with Crippen molar-refractivity contribution < 1.29 is 18.7 Å². The number of hydrazone groups is 1. The molecule has 2 aromatic heterocycles. The number of nitrogens with one attached hydrogen (secondary N) is 1. The van der Waals surface area contributed by atoms with E-state index in [1.54, 1.807) is 54.7 Å². The summed E-state index contributed by atoms with van der Waals surface area (Å²) in [7, 11) is 1.32. The van der Waals surface area contributed by atoms with E-state index in [-0.39, 0.29) is 5.91 Å². The molecule has 0 saturated carbocycles. The molecule has 1 N–H and O–H groups in total. The summed E-state index contributed by atoms with van der Waals surface area (Å²) in [5.41, 5.74) is 3.80. The SMILES string of the molecule is COC(=O)c1ccccc1-c1ccc(/C=N\NC(=O)c2cccnc2)o1. The van der Waals surface area contributed by atoms with Gasteiger partial charge in [-0.1, -0.05) is 18.2 Å². The standard InChI is InChI=1S/C19H15N3O4/c1-25-19(24)16-7-3-2-6-15(16)17-9-8-14(26-17)12-21-22-18(23)13-5-4-10-20-11-13/h2-12H,1H3,(H,22,23)/b21-12-. The topological polar surface area (TPSA) is 93.8 Å². The van der Waals surface area contributed by atoms with Gasteiger partial charge in [-0.15, -0.1) is 0 Å². The van der Waals surface area contributed by atoms with Crippen LogP contribution in [0, 0.1) is 0 Å². The van der Waals surface area contributed by atoms with Crippen molar-refractivity contribution in [2.45, 2.75) is 0 Å². The van der Waals surface area contributed by atoms with E-state index in [1.807, 2.05) is 0 Å². The van der Waals surface area contributed by atoms with E-state index < -0.39 is 5.97 Å². The van der Waals surface area contributed by atoms with Crippen LogP contribution < -0.4 is 5.43 Å². The summed E-state index contributed by atoms with van der Waals surface area (Å²) in [6.45, 7) is 0. The zero-order valence-electron chi connectivity index (χ0n) is 13.9. The fourth-order valence-corrected chi connectivity index (χ4v) is 2.27. The minimum absolute atomic E-state index is 0.378. The van der Waals surface area contributed by atoms with Crippen LogP contribution in [-0.4, -0.2) is 30.2 Å². The average Bonchev–Trinajstić information content (AvgIpc) is 3.16. The smallest absolute Gasteiger partial charge is 0.338 e. The van der Waals surface area contributed by atoms with Gasteiger partial charge in [-0.3, -0.25) is 9.78 Å². The number of pyridine rings is 1. The second kappa shape index (κ2) is 7.89. The highest BCUT2D eigenvalue weighted by Gasteiger charge is 2.15. The third-order valence-corrected chi connectivity index (χ3v) is 3.51. The Hall–Kier alpha value is -3.74. The predicted molar refractivity (Wildman–Crippen MR) is 94.8 cm³/mol. The van der Waals surface area contributed by atoms with E-state index in [2.05, 4.69) is 15.5 Å². The molecular formula is C19H15N3O4. The van der Waals surface area contributed by atoms with E-state index in [4.69, 9.17) is 9.15 Å². The van der Waals surface area contributed by atoms with Gasteiger partial charge in [0.15, 0.2) is 0 Å². The van der Waals surface area contributed by atoms with Crippen LogP contribution in [0.1, 0.15) is 26.5 Å². The lowest BCUT2D eigenvalue weighted by molar-refractivity contribution is 0.0601. The van der Waals surface area contributed by atoms with Crippen molar-refractivity contribution >= 4 is 18.1 Å². The van der Waals surface area contributed by atoms with Crippen LogP contribution in [0.2, 0.25) is 0 Å². The summed E-state index contributed by atoms with van der Waals surface area (Å²) in [5, 5.41) is 3.86. The molecule has 1 amide bonds. The Morgan fingerprint density at radius 3 is 2.77 bits per heavy atom. The lowest BCUT2D eigenvalue weighted by Gasteiger charge is -2.04. The number of esters is 1. The summed E-state index contributed by atoms with van der Waals surface area (Å²) in [4.78, 5) is 27.6. The maximum Gasteiger partial charge on any atom is 0.338 e. The highest BCUT2D eigenvalue weighted by Crippen LogP contribution is 2.25. The maximum atomic E-state index is 11.9. The molecule has 0 aliphatic carbocycles.